The van der Waals surface area contributed by atoms with Crippen LogP contribution in [0.25, 0.3) is 10.2 Å². The summed E-state index contributed by atoms with van der Waals surface area (Å²) in [6.45, 7) is 2.06. The summed E-state index contributed by atoms with van der Waals surface area (Å²) < 4.78 is 1.29. The van der Waals surface area contributed by atoms with Crippen LogP contribution in [0, 0.1) is 6.92 Å². The number of benzene rings is 2. The van der Waals surface area contributed by atoms with Crippen molar-refractivity contribution in [2.24, 2.45) is 0 Å². The molecular weight excluding hydrogens is 226 g/mol. The zero-order valence-electron chi connectivity index (χ0n) is 9.68. The summed E-state index contributed by atoms with van der Waals surface area (Å²) in [4.78, 5) is 4.48. The number of hydrogen-bond donors (Lipinski definition) is 0. The fourth-order valence-electron chi connectivity index (χ4n) is 2.03. The van der Waals surface area contributed by atoms with Gasteiger partial charge in [0.15, 0.2) is 0 Å². The van der Waals surface area contributed by atoms with Crippen LogP contribution in [0.1, 0.15) is 16.1 Å². The maximum Gasteiger partial charge on any atom is 0.0907 e. The molecule has 0 saturated carbocycles. The molecule has 0 aliphatic carbocycles. The van der Waals surface area contributed by atoms with Gasteiger partial charge in [0, 0.05) is 0 Å². The highest BCUT2D eigenvalue weighted by molar-refractivity contribution is 7.18. The summed E-state index contributed by atoms with van der Waals surface area (Å²) in [5.74, 6) is 0. The number of aromatic nitrogens is 1. The van der Waals surface area contributed by atoms with Crippen molar-refractivity contribution in [1.29, 1.82) is 0 Å². The lowest BCUT2D eigenvalue weighted by Gasteiger charge is -2.01. The molecule has 0 saturated heterocycles. The van der Waals surface area contributed by atoms with Gasteiger partial charge < -0.3 is 0 Å². The molecular formula is C15H13NS. The van der Waals surface area contributed by atoms with Gasteiger partial charge in [0.05, 0.1) is 15.2 Å². The molecule has 0 amide bonds. The molecule has 0 spiro atoms. The smallest absolute Gasteiger partial charge is 0.0907 e. The van der Waals surface area contributed by atoms with Gasteiger partial charge >= 0.3 is 0 Å². The summed E-state index contributed by atoms with van der Waals surface area (Å²) in [6, 6.07) is 17.1. The van der Waals surface area contributed by atoms with Crippen LogP contribution in [-0.2, 0) is 6.42 Å². The highest BCUT2D eigenvalue weighted by Gasteiger charge is 2.02. The standard InChI is InChI=1S/C15H13NS/c1-11-16-14-8-7-13(10-15(14)17-11)9-12-5-3-2-4-6-12/h2-8,10H,9H2,1H3. The first-order valence-corrected chi connectivity index (χ1v) is 6.53. The summed E-state index contributed by atoms with van der Waals surface area (Å²) in [5.41, 5.74) is 3.82. The van der Waals surface area contributed by atoms with Crippen LogP contribution in [0.4, 0.5) is 0 Å². The van der Waals surface area contributed by atoms with Crippen molar-refractivity contribution >= 4 is 21.6 Å². The van der Waals surface area contributed by atoms with Gasteiger partial charge in [-0.25, -0.2) is 4.98 Å². The van der Waals surface area contributed by atoms with Crippen molar-refractivity contribution in [1.82, 2.24) is 4.98 Å². The summed E-state index contributed by atoms with van der Waals surface area (Å²) >= 11 is 1.77. The molecule has 3 rings (SSSR count). The van der Waals surface area contributed by atoms with Crippen molar-refractivity contribution in [3.05, 3.63) is 64.7 Å². The third-order valence-electron chi connectivity index (χ3n) is 2.81. The molecule has 2 heteroatoms. The molecule has 1 heterocycles. The SMILES string of the molecule is Cc1nc2ccc(Cc3ccccc3)cc2s1. The first-order chi connectivity index (χ1) is 8.31. The number of thiazole rings is 1. The summed E-state index contributed by atoms with van der Waals surface area (Å²) in [6.07, 6.45) is 0.994. The van der Waals surface area contributed by atoms with E-state index in [1.54, 1.807) is 11.3 Å². The quantitative estimate of drug-likeness (QED) is 0.653. The molecule has 17 heavy (non-hydrogen) atoms. The first-order valence-electron chi connectivity index (χ1n) is 5.71. The maximum atomic E-state index is 4.48. The number of hydrogen-bond acceptors (Lipinski definition) is 2. The maximum absolute atomic E-state index is 4.48. The van der Waals surface area contributed by atoms with E-state index in [9.17, 15) is 0 Å². The Morgan fingerprint density at radius 2 is 1.82 bits per heavy atom. The van der Waals surface area contributed by atoms with E-state index in [1.807, 2.05) is 0 Å². The minimum Gasteiger partial charge on any atom is -0.242 e. The van der Waals surface area contributed by atoms with Gasteiger partial charge in [-0.2, -0.15) is 0 Å². The average molecular weight is 239 g/mol. The Morgan fingerprint density at radius 3 is 2.65 bits per heavy atom. The number of fused-ring (bicyclic) bond motifs is 1. The Labute approximate surface area is 105 Å². The van der Waals surface area contributed by atoms with E-state index in [1.165, 1.54) is 15.8 Å². The van der Waals surface area contributed by atoms with Crippen LogP contribution in [0.5, 0.6) is 0 Å². The Balaban J connectivity index is 1.95. The molecule has 84 valence electrons. The molecule has 0 atom stereocenters. The minimum atomic E-state index is 0.994. The predicted molar refractivity (Wildman–Crippen MR) is 73.6 cm³/mol. The van der Waals surface area contributed by atoms with Crippen molar-refractivity contribution in [3.63, 3.8) is 0 Å². The topological polar surface area (TPSA) is 12.9 Å². The average Bonchev–Trinajstić information content (AvgIpc) is 2.70. The normalized spacial score (nSPS) is 10.9. The van der Waals surface area contributed by atoms with Crippen LogP contribution in [-0.4, -0.2) is 4.98 Å². The van der Waals surface area contributed by atoms with E-state index in [0.717, 1.165) is 16.9 Å². The van der Waals surface area contributed by atoms with Gasteiger partial charge in [-0.05, 0) is 36.6 Å². The number of rotatable bonds is 2. The van der Waals surface area contributed by atoms with Crippen LogP contribution >= 0.6 is 11.3 Å². The second-order valence-electron chi connectivity index (χ2n) is 4.20. The number of nitrogens with zero attached hydrogens (tertiary/aromatic N) is 1. The van der Waals surface area contributed by atoms with Gasteiger partial charge in [0.1, 0.15) is 0 Å². The van der Waals surface area contributed by atoms with E-state index in [2.05, 4.69) is 60.4 Å². The van der Waals surface area contributed by atoms with Gasteiger partial charge in [0.2, 0.25) is 0 Å². The summed E-state index contributed by atoms with van der Waals surface area (Å²) in [5, 5.41) is 1.14. The molecule has 0 unspecified atom stereocenters. The fraction of sp³-hybridized carbons (Fsp3) is 0.133. The molecule has 0 aliphatic heterocycles. The largest absolute Gasteiger partial charge is 0.242 e. The van der Waals surface area contributed by atoms with Gasteiger partial charge in [-0.15, -0.1) is 11.3 Å². The van der Waals surface area contributed by atoms with Gasteiger partial charge in [-0.1, -0.05) is 36.4 Å². The molecule has 0 radical (unpaired) electrons. The highest BCUT2D eigenvalue weighted by Crippen LogP contribution is 2.23. The van der Waals surface area contributed by atoms with Gasteiger partial charge in [-0.3, -0.25) is 0 Å². The lowest BCUT2D eigenvalue weighted by molar-refractivity contribution is 1.20. The lowest BCUT2D eigenvalue weighted by atomic mass is 10.1. The zero-order valence-corrected chi connectivity index (χ0v) is 10.5. The zero-order chi connectivity index (χ0) is 11.7. The summed E-state index contributed by atoms with van der Waals surface area (Å²) in [7, 11) is 0. The Bertz CT molecular complexity index is 640. The predicted octanol–water partition coefficient (Wildman–Crippen LogP) is 4.20. The Hall–Kier alpha value is -1.67. The van der Waals surface area contributed by atoms with E-state index in [0.29, 0.717) is 0 Å². The Morgan fingerprint density at radius 1 is 1.00 bits per heavy atom. The van der Waals surface area contributed by atoms with Crippen LogP contribution in [0.2, 0.25) is 0 Å². The molecule has 0 fully saturated rings. The molecule has 2 aromatic carbocycles. The highest BCUT2D eigenvalue weighted by atomic mass is 32.1. The molecule has 0 aliphatic rings. The minimum absolute atomic E-state index is 0.994. The van der Waals surface area contributed by atoms with Crippen LogP contribution in [0.3, 0.4) is 0 Å². The van der Waals surface area contributed by atoms with Crippen LogP contribution in [0.15, 0.2) is 48.5 Å². The van der Waals surface area contributed by atoms with Crippen molar-refractivity contribution < 1.29 is 0 Å². The molecule has 3 aromatic rings. The lowest BCUT2D eigenvalue weighted by Crippen LogP contribution is -1.86. The second kappa shape index (κ2) is 4.30. The third-order valence-corrected chi connectivity index (χ3v) is 3.74. The van der Waals surface area contributed by atoms with E-state index in [4.69, 9.17) is 0 Å². The van der Waals surface area contributed by atoms with E-state index < -0.39 is 0 Å². The molecule has 0 N–H and O–H groups in total. The first kappa shape index (κ1) is 10.5. The van der Waals surface area contributed by atoms with E-state index in [-0.39, 0.29) is 0 Å². The van der Waals surface area contributed by atoms with Crippen molar-refractivity contribution in [2.75, 3.05) is 0 Å². The fourth-order valence-corrected chi connectivity index (χ4v) is 2.92. The Kier molecular flexibility index (Phi) is 2.65. The monoisotopic (exact) mass is 239 g/mol. The second-order valence-corrected chi connectivity index (χ2v) is 5.43. The molecule has 0 bridgehead atoms. The third kappa shape index (κ3) is 2.22. The molecule has 1 aromatic heterocycles. The number of aryl methyl sites for hydroxylation is 1. The van der Waals surface area contributed by atoms with Gasteiger partial charge in [0.25, 0.3) is 0 Å². The molecule has 1 nitrogen and oxygen atoms in total. The van der Waals surface area contributed by atoms with Crippen molar-refractivity contribution in [3.8, 4) is 0 Å². The van der Waals surface area contributed by atoms with Crippen molar-refractivity contribution in [2.45, 2.75) is 13.3 Å². The van der Waals surface area contributed by atoms with E-state index >= 15 is 0 Å². The van der Waals surface area contributed by atoms with Crippen LogP contribution < -0.4 is 0 Å².